The molecule has 3 N–H and O–H groups in total. The summed E-state index contributed by atoms with van der Waals surface area (Å²) < 4.78 is 28.2. The number of rotatable bonds is 6. The van der Waals surface area contributed by atoms with Crippen LogP contribution in [0.5, 0.6) is 5.75 Å². The van der Waals surface area contributed by atoms with Gasteiger partial charge < -0.3 is 20.6 Å². The first-order valence-electron chi connectivity index (χ1n) is 6.13. The highest BCUT2D eigenvalue weighted by Gasteiger charge is 2.17. The standard InChI is InChI=1S/C13H17F2N3O3/c1-8(11(16)17-20)7-18(2)12(19)9-3-5-10(6-4-9)21-13(14)15/h3-6,8,13,20H,7H2,1-2H3,(H2,16,17). The van der Waals surface area contributed by atoms with Crippen molar-refractivity contribution in [2.45, 2.75) is 13.5 Å². The highest BCUT2D eigenvalue weighted by molar-refractivity contribution is 5.94. The first-order valence-corrected chi connectivity index (χ1v) is 6.13. The van der Waals surface area contributed by atoms with Gasteiger partial charge >= 0.3 is 6.61 Å². The van der Waals surface area contributed by atoms with Gasteiger partial charge in [0.15, 0.2) is 0 Å². The number of oxime groups is 1. The summed E-state index contributed by atoms with van der Waals surface area (Å²) in [4.78, 5) is 13.5. The van der Waals surface area contributed by atoms with E-state index in [2.05, 4.69) is 9.89 Å². The Morgan fingerprint density at radius 2 is 2.00 bits per heavy atom. The van der Waals surface area contributed by atoms with Crippen molar-refractivity contribution in [2.75, 3.05) is 13.6 Å². The van der Waals surface area contributed by atoms with Crippen molar-refractivity contribution in [1.29, 1.82) is 0 Å². The minimum absolute atomic E-state index is 0.0192. The number of nitrogens with zero attached hydrogens (tertiary/aromatic N) is 2. The summed E-state index contributed by atoms with van der Waals surface area (Å²) in [6, 6.07) is 5.37. The van der Waals surface area contributed by atoms with Gasteiger partial charge in [-0.3, -0.25) is 4.79 Å². The Balaban J connectivity index is 2.70. The van der Waals surface area contributed by atoms with Crippen molar-refractivity contribution >= 4 is 11.7 Å². The van der Waals surface area contributed by atoms with Gasteiger partial charge in [0.25, 0.3) is 5.91 Å². The van der Waals surface area contributed by atoms with Gasteiger partial charge in [0.1, 0.15) is 11.6 Å². The summed E-state index contributed by atoms with van der Waals surface area (Å²) >= 11 is 0. The Morgan fingerprint density at radius 3 is 2.48 bits per heavy atom. The summed E-state index contributed by atoms with van der Waals surface area (Å²) in [7, 11) is 1.56. The second kappa shape index (κ2) is 7.41. The van der Waals surface area contributed by atoms with E-state index in [1.165, 1.54) is 29.2 Å². The normalized spacial score (nSPS) is 13.1. The predicted octanol–water partition coefficient (Wildman–Crippen LogP) is 1.74. The Morgan fingerprint density at radius 1 is 1.43 bits per heavy atom. The zero-order valence-electron chi connectivity index (χ0n) is 11.7. The average Bonchev–Trinajstić information content (AvgIpc) is 2.45. The number of amidine groups is 1. The van der Waals surface area contributed by atoms with E-state index >= 15 is 0 Å². The van der Waals surface area contributed by atoms with Crippen molar-refractivity contribution in [3.8, 4) is 5.75 Å². The molecule has 1 aromatic carbocycles. The minimum atomic E-state index is -2.91. The van der Waals surface area contributed by atoms with Crippen molar-refractivity contribution in [2.24, 2.45) is 16.8 Å². The van der Waals surface area contributed by atoms with Crippen LogP contribution in [0.2, 0.25) is 0 Å². The summed E-state index contributed by atoms with van der Waals surface area (Å²) in [6.45, 7) is -0.946. The van der Waals surface area contributed by atoms with Gasteiger partial charge in [-0.1, -0.05) is 12.1 Å². The van der Waals surface area contributed by atoms with Gasteiger partial charge in [-0.25, -0.2) is 0 Å². The summed E-state index contributed by atoms with van der Waals surface area (Å²) in [5, 5.41) is 11.4. The third-order valence-electron chi connectivity index (χ3n) is 2.84. The van der Waals surface area contributed by atoms with Crippen molar-refractivity contribution in [3.63, 3.8) is 0 Å². The second-order valence-electron chi connectivity index (χ2n) is 4.51. The first-order chi connectivity index (χ1) is 9.85. The van der Waals surface area contributed by atoms with E-state index in [0.29, 0.717) is 5.56 Å². The van der Waals surface area contributed by atoms with Crippen LogP contribution < -0.4 is 10.5 Å². The fraction of sp³-hybridized carbons (Fsp3) is 0.385. The number of ether oxygens (including phenoxy) is 1. The molecule has 0 aromatic heterocycles. The maximum absolute atomic E-state index is 12.1. The molecule has 1 rings (SSSR count). The van der Waals surface area contributed by atoms with Crippen LogP contribution in [0.15, 0.2) is 29.4 Å². The molecule has 0 saturated carbocycles. The summed E-state index contributed by atoms with van der Waals surface area (Å²) in [5.74, 6) is -0.619. The monoisotopic (exact) mass is 301 g/mol. The maximum atomic E-state index is 12.1. The molecule has 1 amide bonds. The fourth-order valence-electron chi connectivity index (χ4n) is 1.69. The predicted molar refractivity (Wildman–Crippen MR) is 72.6 cm³/mol. The number of hydrogen-bond acceptors (Lipinski definition) is 4. The molecule has 21 heavy (non-hydrogen) atoms. The highest BCUT2D eigenvalue weighted by Crippen LogP contribution is 2.16. The number of benzene rings is 1. The van der Waals surface area contributed by atoms with E-state index in [1.807, 2.05) is 0 Å². The maximum Gasteiger partial charge on any atom is 0.387 e. The van der Waals surface area contributed by atoms with Gasteiger partial charge in [0.2, 0.25) is 0 Å². The van der Waals surface area contributed by atoms with Gasteiger partial charge in [-0.2, -0.15) is 8.78 Å². The Hall–Kier alpha value is -2.38. The van der Waals surface area contributed by atoms with Crippen molar-refractivity contribution < 1.29 is 23.5 Å². The van der Waals surface area contributed by atoms with Crippen LogP contribution in [-0.4, -0.2) is 42.1 Å². The lowest BCUT2D eigenvalue weighted by Crippen LogP contribution is -2.36. The van der Waals surface area contributed by atoms with E-state index in [4.69, 9.17) is 10.9 Å². The van der Waals surface area contributed by atoms with Gasteiger partial charge in [-0.05, 0) is 24.3 Å². The van der Waals surface area contributed by atoms with Crippen molar-refractivity contribution in [3.05, 3.63) is 29.8 Å². The number of carbonyl (C=O) groups excluding carboxylic acids is 1. The molecule has 0 heterocycles. The molecule has 0 aliphatic heterocycles. The Bertz CT molecular complexity index is 506. The number of carbonyl (C=O) groups is 1. The van der Waals surface area contributed by atoms with Gasteiger partial charge in [0, 0.05) is 25.1 Å². The van der Waals surface area contributed by atoms with E-state index in [1.54, 1.807) is 14.0 Å². The van der Waals surface area contributed by atoms with Crippen LogP contribution in [0.25, 0.3) is 0 Å². The van der Waals surface area contributed by atoms with Crippen LogP contribution in [-0.2, 0) is 0 Å². The largest absolute Gasteiger partial charge is 0.435 e. The molecule has 0 radical (unpaired) electrons. The smallest absolute Gasteiger partial charge is 0.387 e. The van der Waals surface area contributed by atoms with Crippen molar-refractivity contribution in [1.82, 2.24) is 4.90 Å². The molecular weight excluding hydrogens is 284 g/mol. The molecule has 0 spiro atoms. The number of nitrogens with two attached hydrogens (primary N) is 1. The van der Waals surface area contributed by atoms with E-state index in [0.717, 1.165) is 0 Å². The van der Waals surface area contributed by atoms with Crippen LogP contribution in [0, 0.1) is 5.92 Å². The van der Waals surface area contributed by atoms with Gasteiger partial charge in [0.05, 0.1) is 0 Å². The molecule has 0 aliphatic rings. The molecule has 1 unspecified atom stereocenters. The molecule has 6 nitrogen and oxygen atoms in total. The molecule has 0 aliphatic carbocycles. The molecule has 0 fully saturated rings. The highest BCUT2D eigenvalue weighted by atomic mass is 19.3. The average molecular weight is 301 g/mol. The van der Waals surface area contributed by atoms with Crippen LogP contribution in [0.4, 0.5) is 8.78 Å². The van der Waals surface area contributed by atoms with Gasteiger partial charge in [-0.15, -0.1) is 0 Å². The lowest BCUT2D eigenvalue weighted by molar-refractivity contribution is -0.0498. The first kappa shape index (κ1) is 16.7. The zero-order valence-corrected chi connectivity index (χ0v) is 11.7. The fourth-order valence-corrected chi connectivity index (χ4v) is 1.69. The Kier molecular flexibility index (Phi) is 5.89. The molecular formula is C13H17F2N3O3. The molecule has 1 aromatic rings. The van der Waals surface area contributed by atoms with Crippen LogP contribution >= 0.6 is 0 Å². The second-order valence-corrected chi connectivity index (χ2v) is 4.51. The van der Waals surface area contributed by atoms with Crippen LogP contribution in [0.3, 0.4) is 0 Å². The zero-order chi connectivity index (χ0) is 16.0. The minimum Gasteiger partial charge on any atom is -0.435 e. The number of halogens is 2. The summed E-state index contributed by atoms with van der Waals surface area (Å²) in [6.07, 6.45) is 0. The Labute approximate surface area is 120 Å². The lowest BCUT2D eigenvalue weighted by atomic mass is 10.1. The molecule has 1 atom stereocenters. The molecule has 8 heteroatoms. The quantitative estimate of drug-likeness (QED) is 0.362. The third-order valence-corrected chi connectivity index (χ3v) is 2.84. The summed E-state index contributed by atoms with van der Waals surface area (Å²) in [5.41, 5.74) is 5.77. The number of alkyl halides is 2. The number of hydrogen-bond donors (Lipinski definition) is 2. The third kappa shape index (κ3) is 4.90. The van der Waals surface area contributed by atoms with E-state index in [9.17, 15) is 13.6 Å². The SMILES string of the molecule is CC(CN(C)C(=O)c1ccc(OC(F)F)cc1)C(N)=NO. The number of amides is 1. The van der Waals surface area contributed by atoms with Crippen LogP contribution in [0.1, 0.15) is 17.3 Å². The molecule has 0 bridgehead atoms. The molecule has 0 saturated heterocycles. The topological polar surface area (TPSA) is 88.2 Å². The lowest BCUT2D eigenvalue weighted by Gasteiger charge is -2.21. The molecule has 116 valence electrons. The van der Waals surface area contributed by atoms with E-state index in [-0.39, 0.29) is 30.0 Å². The van der Waals surface area contributed by atoms with E-state index < -0.39 is 6.61 Å².